The largest absolute Gasteiger partial charge is 0.507 e. The highest BCUT2D eigenvalue weighted by Gasteiger charge is 2.35. The van der Waals surface area contributed by atoms with Crippen molar-refractivity contribution in [3.05, 3.63) is 53.6 Å². The third-order valence-corrected chi connectivity index (χ3v) is 4.35. The van der Waals surface area contributed by atoms with Crippen LogP contribution < -0.4 is 14.8 Å². The third kappa shape index (κ3) is 4.61. The van der Waals surface area contributed by atoms with E-state index in [0.717, 1.165) is 0 Å². The van der Waals surface area contributed by atoms with Crippen molar-refractivity contribution in [3.8, 4) is 17.2 Å². The summed E-state index contributed by atoms with van der Waals surface area (Å²) in [4.78, 5) is 24.2. The van der Waals surface area contributed by atoms with Gasteiger partial charge in [0.05, 0.1) is 12.5 Å². The van der Waals surface area contributed by atoms with Crippen LogP contribution in [0.5, 0.6) is 17.2 Å². The molecule has 148 valence electrons. The smallest absolute Gasteiger partial charge is 0.258 e. The molecule has 0 radical (unpaired) electrons. The Morgan fingerprint density at radius 2 is 2.00 bits per heavy atom. The molecule has 7 heteroatoms. The highest BCUT2D eigenvalue weighted by molar-refractivity contribution is 6.03. The van der Waals surface area contributed by atoms with Gasteiger partial charge >= 0.3 is 0 Å². The van der Waals surface area contributed by atoms with Crippen molar-refractivity contribution in [2.75, 3.05) is 13.2 Å². The fourth-order valence-electron chi connectivity index (χ4n) is 3.03. The number of amides is 1. The molecule has 1 atom stereocenters. The highest BCUT2D eigenvalue weighted by atomic mass is 16.5. The van der Waals surface area contributed by atoms with Gasteiger partial charge in [-0.25, -0.2) is 0 Å². The average molecular weight is 385 g/mol. The van der Waals surface area contributed by atoms with Crippen molar-refractivity contribution in [1.82, 2.24) is 5.32 Å². The number of hydrogen-bond acceptors (Lipinski definition) is 6. The molecule has 1 aliphatic heterocycles. The zero-order chi connectivity index (χ0) is 20.3. The van der Waals surface area contributed by atoms with Gasteiger partial charge in [0.25, 0.3) is 5.91 Å². The Bertz CT molecular complexity index is 878. The number of Topliss-reactive ketones (excluding diaryl/α,β-unsaturated/α-hetero) is 1. The molecule has 0 fully saturated rings. The summed E-state index contributed by atoms with van der Waals surface area (Å²) in [6, 6.07) is 11.8. The maximum Gasteiger partial charge on any atom is 0.258 e. The van der Waals surface area contributed by atoms with Gasteiger partial charge in [-0.05, 0) is 19.4 Å². The monoisotopic (exact) mass is 385 g/mol. The maximum absolute atomic E-state index is 12.2. The van der Waals surface area contributed by atoms with Crippen molar-refractivity contribution >= 4 is 11.7 Å². The molecule has 0 unspecified atom stereocenters. The van der Waals surface area contributed by atoms with Crippen molar-refractivity contribution in [3.63, 3.8) is 0 Å². The van der Waals surface area contributed by atoms with Gasteiger partial charge in [0.2, 0.25) is 0 Å². The quantitative estimate of drug-likeness (QED) is 0.705. The van der Waals surface area contributed by atoms with Crippen LogP contribution in [-0.4, -0.2) is 40.7 Å². The summed E-state index contributed by atoms with van der Waals surface area (Å²) >= 11 is 0. The first-order chi connectivity index (χ1) is 13.2. The Balaban J connectivity index is 1.58. The number of aromatic hydroxyl groups is 1. The van der Waals surface area contributed by atoms with Crippen LogP contribution in [0.25, 0.3) is 0 Å². The Morgan fingerprint density at radius 1 is 1.29 bits per heavy atom. The Hall–Kier alpha value is -3.06. The lowest BCUT2D eigenvalue weighted by Crippen LogP contribution is -2.36. The molecule has 0 spiro atoms. The number of carbonyl (C=O) groups is 2. The fourth-order valence-corrected chi connectivity index (χ4v) is 3.03. The number of ether oxygens (including phenoxy) is 2. The number of hydrogen-bond donors (Lipinski definition) is 3. The summed E-state index contributed by atoms with van der Waals surface area (Å²) < 4.78 is 11.2. The molecular formula is C21H23NO6. The van der Waals surface area contributed by atoms with Crippen LogP contribution in [-0.2, 0) is 4.79 Å². The number of nitrogens with one attached hydrogen (secondary N) is 1. The fraction of sp³-hybridized carbons (Fsp3) is 0.333. The van der Waals surface area contributed by atoms with Crippen LogP contribution in [0.4, 0.5) is 0 Å². The normalized spacial score (nSPS) is 15.9. The van der Waals surface area contributed by atoms with Gasteiger partial charge in [0.1, 0.15) is 28.4 Å². The van der Waals surface area contributed by atoms with Gasteiger partial charge < -0.3 is 25.0 Å². The first-order valence-corrected chi connectivity index (χ1v) is 8.97. The standard InChI is InChI=1S/C21H23NO6/c1-21(2)10-16(24)20-15(23)8-14(9-18(20)28-21)27-12-19(26)22-11-17(25)13-6-4-3-5-7-13/h3-9,17,23,25H,10-12H2,1-2H3,(H,22,26)/t17-/m1/s1. The molecule has 0 bridgehead atoms. The molecule has 1 amide bonds. The summed E-state index contributed by atoms with van der Waals surface area (Å²) in [7, 11) is 0. The predicted octanol–water partition coefficient (Wildman–Crippen LogP) is 2.36. The Kier molecular flexibility index (Phi) is 5.56. The second-order valence-corrected chi connectivity index (χ2v) is 7.30. The van der Waals surface area contributed by atoms with Crippen LogP contribution in [0.3, 0.4) is 0 Å². The van der Waals surface area contributed by atoms with Gasteiger partial charge in [-0.3, -0.25) is 9.59 Å². The highest BCUT2D eigenvalue weighted by Crippen LogP contribution is 2.40. The molecule has 0 saturated carbocycles. The minimum atomic E-state index is -0.820. The zero-order valence-corrected chi connectivity index (χ0v) is 15.8. The van der Waals surface area contributed by atoms with Crippen LogP contribution in [0.1, 0.15) is 42.3 Å². The number of phenols is 1. The molecule has 28 heavy (non-hydrogen) atoms. The molecule has 0 aliphatic carbocycles. The van der Waals surface area contributed by atoms with Crippen LogP contribution in [0.15, 0.2) is 42.5 Å². The molecule has 2 aromatic rings. The summed E-state index contributed by atoms with van der Waals surface area (Å²) in [5.74, 6) is -0.433. The number of rotatable bonds is 6. The third-order valence-electron chi connectivity index (χ3n) is 4.35. The van der Waals surface area contributed by atoms with E-state index in [2.05, 4.69) is 5.32 Å². The van der Waals surface area contributed by atoms with E-state index in [4.69, 9.17) is 9.47 Å². The van der Waals surface area contributed by atoms with Gasteiger partial charge in [-0.2, -0.15) is 0 Å². The second-order valence-electron chi connectivity index (χ2n) is 7.30. The van der Waals surface area contributed by atoms with E-state index >= 15 is 0 Å². The zero-order valence-electron chi connectivity index (χ0n) is 15.8. The number of carbonyl (C=O) groups excluding carboxylic acids is 2. The summed E-state index contributed by atoms with van der Waals surface area (Å²) in [5, 5.41) is 22.8. The lowest BCUT2D eigenvalue weighted by Gasteiger charge is -2.32. The Morgan fingerprint density at radius 3 is 2.71 bits per heavy atom. The first kappa shape index (κ1) is 19.7. The van der Waals surface area contributed by atoms with Gasteiger partial charge in [-0.15, -0.1) is 0 Å². The van der Waals surface area contributed by atoms with Gasteiger partial charge in [0, 0.05) is 18.7 Å². The minimum Gasteiger partial charge on any atom is -0.507 e. The number of fused-ring (bicyclic) bond motifs is 1. The van der Waals surface area contributed by atoms with E-state index in [0.29, 0.717) is 5.56 Å². The predicted molar refractivity (Wildman–Crippen MR) is 102 cm³/mol. The molecule has 2 aromatic carbocycles. The molecule has 3 rings (SSSR count). The first-order valence-electron chi connectivity index (χ1n) is 8.97. The van der Waals surface area contributed by atoms with Crippen LogP contribution >= 0.6 is 0 Å². The lowest BCUT2D eigenvalue weighted by atomic mass is 9.92. The number of aliphatic hydroxyl groups excluding tert-OH is 1. The van der Waals surface area contributed by atoms with Crippen molar-refractivity contribution in [1.29, 1.82) is 0 Å². The topological polar surface area (TPSA) is 105 Å². The lowest BCUT2D eigenvalue weighted by molar-refractivity contribution is -0.123. The minimum absolute atomic E-state index is 0.0491. The second kappa shape index (κ2) is 7.90. The Labute approximate surface area is 162 Å². The SMILES string of the molecule is CC1(C)CC(=O)c2c(O)cc(OCC(=O)NC[C@@H](O)c3ccccc3)cc2O1. The number of aliphatic hydroxyl groups is 1. The molecule has 7 nitrogen and oxygen atoms in total. The van der Waals surface area contributed by atoms with Crippen LogP contribution in [0, 0.1) is 0 Å². The van der Waals surface area contributed by atoms with Crippen molar-refractivity contribution < 1.29 is 29.3 Å². The van der Waals surface area contributed by atoms with E-state index < -0.39 is 17.6 Å². The average Bonchev–Trinajstić information content (AvgIpc) is 2.63. The summed E-state index contributed by atoms with van der Waals surface area (Å²) in [6.07, 6.45) is -0.653. The molecular weight excluding hydrogens is 362 g/mol. The van der Waals surface area contributed by atoms with E-state index in [1.165, 1.54) is 12.1 Å². The number of ketones is 1. The van der Waals surface area contributed by atoms with E-state index in [9.17, 15) is 19.8 Å². The number of phenolic OH excluding ortho intramolecular Hbond substituents is 1. The van der Waals surface area contributed by atoms with Crippen molar-refractivity contribution in [2.45, 2.75) is 32.0 Å². The van der Waals surface area contributed by atoms with Gasteiger partial charge in [0.15, 0.2) is 12.4 Å². The van der Waals surface area contributed by atoms with Gasteiger partial charge in [-0.1, -0.05) is 30.3 Å². The maximum atomic E-state index is 12.2. The molecule has 1 heterocycles. The van der Waals surface area contributed by atoms with E-state index in [1.54, 1.807) is 38.1 Å². The summed E-state index contributed by atoms with van der Waals surface area (Å²) in [6.45, 7) is 3.30. The molecule has 3 N–H and O–H groups in total. The molecule has 0 aromatic heterocycles. The molecule has 0 saturated heterocycles. The number of benzene rings is 2. The molecule has 1 aliphatic rings. The van der Waals surface area contributed by atoms with Crippen molar-refractivity contribution in [2.24, 2.45) is 0 Å². The van der Waals surface area contributed by atoms with E-state index in [-0.39, 0.29) is 48.2 Å². The van der Waals surface area contributed by atoms with E-state index in [1.807, 2.05) is 6.07 Å². The van der Waals surface area contributed by atoms with Crippen LogP contribution in [0.2, 0.25) is 0 Å². The summed E-state index contributed by atoms with van der Waals surface area (Å²) in [5.41, 5.74) is 0.148.